The van der Waals surface area contributed by atoms with Crippen LogP contribution in [-0.4, -0.2) is 72.5 Å². The van der Waals surface area contributed by atoms with Gasteiger partial charge in [-0.1, -0.05) is 51.9 Å². The first kappa shape index (κ1) is 33.2. The van der Waals surface area contributed by atoms with Crippen LogP contribution in [0.4, 0.5) is 10.1 Å². The topological polar surface area (TPSA) is 112 Å². The van der Waals surface area contributed by atoms with Gasteiger partial charge >= 0.3 is 0 Å². The molecule has 0 amide bonds. The van der Waals surface area contributed by atoms with Crippen LogP contribution in [0.1, 0.15) is 69.8 Å². The van der Waals surface area contributed by atoms with Gasteiger partial charge < -0.3 is 19.7 Å². The predicted octanol–water partition coefficient (Wildman–Crippen LogP) is 6.84. The van der Waals surface area contributed by atoms with Crippen molar-refractivity contribution in [3.05, 3.63) is 81.7 Å². The number of aliphatic hydroxyl groups is 1. The Kier molecular flexibility index (Phi) is 8.49. The molecule has 49 heavy (non-hydrogen) atoms. The van der Waals surface area contributed by atoms with Gasteiger partial charge in [-0.05, 0) is 49.5 Å². The van der Waals surface area contributed by atoms with Crippen molar-refractivity contribution in [2.45, 2.75) is 78.1 Å². The molecule has 0 radical (unpaired) electrons. The number of aryl methyl sites for hydroxylation is 1. The van der Waals surface area contributed by atoms with E-state index in [0.29, 0.717) is 58.7 Å². The third-order valence-electron chi connectivity index (χ3n) is 9.95. The number of aliphatic hydroxyl groups excluding tert-OH is 1. The van der Waals surface area contributed by atoms with E-state index in [2.05, 4.69) is 31.4 Å². The van der Waals surface area contributed by atoms with E-state index in [-0.39, 0.29) is 52.4 Å². The molecule has 256 valence electrons. The van der Waals surface area contributed by atoms with E-state index in [1.165, 1.54) is 17.0 Å². The first-order valence-corrected chi connectivity index (χ1v) is 17.2. The number of H-pyrrole nitrogens is 1. The van der Waals surface area contributed by atoms with Crippen molar-refractivity contribution in [3.63, 3.8) is 0 Å². The number of pyridine rings is 1. The van der Waals surface area contributed by atoms with Crippen LogP contribution in [0.2, 0.25) is 5.02 Å². The lowest BCUT2D eigenvalue weighted by atomic mass is 9.95. The zero-order chi connectivity index (χ0) is 34.9. The van der Waals surface area contributed by atoms with Crippen LogP contribution in [0, 0.1) is 12.7 Å². The molecule has 12 heteroatoms. The molecule has 0 aliphatic carbocycles. The molecule has 2 N–H and O–H groups in total. The Labute approximate surface area is 289 Å². The number of nitrogens with zero attached hydrogens (tertiary/aromatic N) is 6. The summed E-state index contributed by atoms with van der Waals surface area (Å²) in [5.41, 5.74) is 4.56. The normalized spacial score (nSPS) is 18.9. The minimum atomic E-state index is -0.824. The molecule has 3 aromatic heterocycles. The minimum absolute atomic E-state index is 0.0687. The Morgan fingerprint density at radius 1 is 1.10 bits per heavy atom. The molecule has 2 aliphatic heterocycles. The van der Waals surface area contributed by atoms with Crippen LogP contribution in [0.25, 0.3) is 38.8 Å². The molecule has 2 aliphatic rings. The Balaban J connectivity index is 1.64. The summed E-state index contributed by atoms with van der Waals surface area (Å²) in [5, 5.41) is 11.4. The number of aromatic amines is 1. The fraction of sp³-hybridized carbons (Fsp3) is 0.405. The molecule has 2 aromatic carbocycles. The van der Waals surface area contributed by atoms with Gasteiger partial charge in [0, 0.05) is 48.1 Å². The zero-order valence-corrected chi connectivity index (χ0v) is 29.3. The molecule has 10 nitrogen and oxygen atoms in total. The summed E-state index contributed by atoms with van der Waals surface area (Å²) in [7, 11) is 0. The van der Waals surface area contributed by atoms with Crippen molar-refractivity contribution in [3.8, 4) is 22.6 Å². The molecule has 0 bridgehead atoms. The number of nitrogens with one attached hydrogen (secondary N) is 1. The third kappa shape index (κ3) is 5.21. The largest absolute Gasteiger partial charge is 0.486 e. The van der Waals surface area contributed by atoms with Crippen LogP contribution >= 0.6 is 11.6 Å². The van der Waals surface area contributed by atoms with Crippen LogP contribution in [0.15, 0.2) is 48.3 Å². The smallest absolute Gasteiger partial charge is 0.300 e. The third-order valence-corrected chi connectivity index (χ3v) is 10.3. The highest BCUT2D eigenvalue weighted by Gasteiger charge is 2.40. The van der Waals surface area contributed by atoms with Crippen molar-refractivity contribution in [1.82, 2.24) is 29.4 Å². The highest BCUT2D eigenvalue weighted by Crippen LogP contribution is 2.47. The number of piperazine rings is 1. The molecule has 5 aromatic rings. The maximum absolute atomic E-state index is 18.0. The van der Waals surface area contributed by atoms with Gasteiger partial charge in [0.25, 0.3) is 5.56 Å². The van der Waals surface area contributed by atoms with E-state index in [0.717, 1.165) is 11.1 Å². The van der Waals surface area contributed by atoms with E-state index in [9.17, 15) is 5.11 Å². The van der Waals surface area contributed by atoms with E-state index in [1.807, 2.05) is 58.6 Å². The zero-order valence-electron chi connectivity index (χ0n) is 28.6. The Bertz CT molecular complexity index is 2150. The molecule has 1 saturated heterocycles. The predicted molar refractivity (Wildman–Crippen MR) is 192 cm³/mol. The number of hydrogen-bond acceptors (Lipinski definition) is 8. The lowest BCUT2D eigenvalue weighted by molar-refractivity contribution is -0.00250. The van der Waals surface area contributed by atoms with Gasteiger partial charge in [-0.2, -0.15) is 0 Å². The summed E-state index contributed by atoms with van der Waals surface area (Å²) < 4.78 is 25.8. The van der Waals surface area contributed by atoms with E-state index < -0.39 is 17.6 Å². The number of ether oxygens (including phenoxy) is 1. The van der Waals surface area contributed by atoms with E-state index >= 15 is 9.18 Å². The lowest BCUT2D eigenvalue weighted by Crippen LogP contribution is -2.60. The maximum atomic E-state index is 18.0. The SMILES string of the molecule is C=CC(O)N1CC2CCOc3c(c4cc(Cl)c(-c5c(C)ccc6[nH]cnc56)c(F)c4n(-c4c(C(C)C)ncnc4C(C)C)c3=O)N2CC1C. The van der Waals surface area contributed by atoms with E-state index in [1.54, 1.807) is 12.4 Å². The summed E-state index contributed by atoms with van der Waals surface area (Å²) >= 11 is 7.15. The van der Waals surface area contributed by atoms with Gasteiger partial charge in [0.15, 0.2) is 5.82 Å². The first-order chi connectivity index (χ1) is 23.4. The molecule has 1 fully saturated rings. The van der Waals surface area contributed by atoms with E-state index in [4.69, 9.17) is 16.3 Å². The molecule has 0 saturated carbocycles. The van der Waals surface area contributed by atoms with Gasteiger partial charge in [0.2, 0.25) is 5.75 Å². The minimum Gasteiger partial charge on any atom is -0.486 e. The number of imidazole rings is 1. The molecule has 3 unspecified atom stereocenters. The standard InChI is InChI=1S/C37H41ClFN7O3/c1-8-26(47)44-15-22-11-12-49-36-34(45(22)14-21(44)7)23-13-24(38)28(27-20(6)9-10-25-32(27)43-16-40-25)29(39)33(23)46(37(36)48)35-30(18(2)3)41-17-42-31(35)19(4)5/h8-10,13,16-19,21-22,26,47H,1,11-12,14-15H2,2-7H3,(H,40,43). The average Bonchev–Trinajstić information content (AvgIpc) is 3.47. The summed E-state index contributed by atoms with van der Waals surface area (Å²) in [5.74, 6) is -0.742. The Hall–Kier alpha value is -4.32. The van der Waals surface area contributed by atoms with Crippen molar-refractivity contribution < 1.29 is 14.2 Å². The Morgan fingerprint density at radius 2 is 1.82 bits per heavy atom. The lowest BCUT2D eigenvalue weighted by Gasteiger charge is -2.47. The second-order valence-electron chi connectivity index (χ2n) is 13.8. The van der Waals surface area contributed by atoms with Crippen LogP contribution < -0.4 is 15.2 Å². The second-order valence-corrected chi connectivity index (χ2v) is 14.2. The molecule has 0 spiro atoms. The number of hydrogen-bond donors (Lipinski definition) is 2. The van der Waals surface area contributed by atoms with Gasteiger partial charge in [-0.25, -0.2) is 19.3 Å². The van der Waals surface area contributed by atoms with Crippen LogP contribution in [0.3, 0.4) is 0 Å². The number of fused-ring (bicyclic) bond motifs is 6. The molecular formula is C37H41ClFN7O3. The highest BCUT2D eigenvalue weighted by molar-refractivity contribution is 6.35. The second kappa shape index (κ2) is 12.5. The number of rotatable bonds is 6. The number of aromatic nitrogens is 5. The monoisotopic (exact) mass is 685 g/mol. The summed E-state index contributed by atoms with van der Waals surface area (Å²) in [6, 6.07) is 5.30. The van der Waals surface area contributed by atoms with Gasteiger partial charge in [-0.3, -0.25) is 14.3 Å². The molecule has 7 rings (SSSR count). The number of anilines is 1. The highest BCUT2D eigenvalue weighted by atomic mass is 35.5. The quantitative estimate of drug-likeness (QED) is 0.187. The van der Waals surface area contributed by atoms with Crippen molar-refractivity contribution in [2.75, 3.05) is 24.6 Å². The molecular weight excluding hydrogens is 645 g/mol. The fourth-order valence-electron chi connectivity index (χ4n) is 7.58. The van der Waals surface area contributed by atoms with Gasteiger partial charge in [0.1, 0.15) is 12.6 Å². The first-order valence-electron chi connectivity index (χ1n) is 16.8. The van der Waals surface area contributed by atoms with Crippen molar-refractivity contribution >= 4 is 39.2 Å². The van der Waals surface area contributed by atoms with Gasteiger partial charge in [0.05, 0.1) is 57.3 Å². The number of halogens is 2. The van der Waals surface area contributed by atoms with Crippen molar-refractivity contribution in [1.29, 1.82) is 0 Å². The van der Waals surface area contributed by atoms with Crippen LogP contribution in [0.5, 0.6) is 5.75 Å². The van der Waals surface area contributed by atoms with Crippen molar-refractivity contribution in [2.24, 2.45) is 0 Å². The summed E-state index contributed by atoms with van der Waals surface area (Å²) in [6.45, 7) is 16.9. The fourth-order valence-corrected chi connectivity index (χ4v) is 7.87. The molecule has 5 heterocycles. The molecule has 3 atom stereocenters. The summed E-state index contributed by atoms with van der Waals surface area (Å²) in [6.07, 6.45) is 4.35. The number of benzene rings is 2. The average molecular weight is 686 g/mol. The maximum Gasteiger partial charge on any atom is 0.300 e. The summed E-state index contributed by atoms with van der Waals surface area (Å²) in [4.78, 5) is 36.1. The van der Waals surface area contributed by atoms with Crippen LogP contribution in [-0.2, 0) is 0 Å². The van der Waals surface area contributed by atoms with Gasteiger partial charge in [-0.15, -0.1) is 0 Å². The Morgan fingerprint density at radius 3 is 2.49 bits per heavy atom.